The summed E-state index contributed by atoms with van der Waals surface area (Å²) >= 11 is 6.02. The summed E-state index contributed by atoms with van der Waals surface area (Å²) in [5.41, 5.74) is -0.0823. The van der Waals surface area contributed by atoms with Gasteiger partial charge in [0.25, 0.3) is 5.56 Å². The van der Waals surface area contributed by atoms with E-state index < -0.39 is 34.3 Å². The quantitative estimate of drug-likeness (QED) is 0.757. The van der Waals surface area contributed by atoms with Crippen molar-refractivity contribution in [2.45, 2.75) is 25.1 Å². The summed E-state index contributed by atoms with van der Waals surface area (Å²) in [7, 11) is -2.55. The average Bonchev–Trinajstić information content (AvgIpc) is 2.49. The van der Waals surface area contributed by atoms with Gasteiger partial charge in [-0.3, -0.25) is 4.79 Å². The van der Waals surface area contributed by atoms with Crippen LogP contribution in [0.25, 0.3) is 0 Å². The third kappa shape index (κ3) is 4.85. The van der Waals surface area contributed by atoms with Crippen molar-refractivity contribution in [2.24, 2.45) is 7.05 Å². The molecule has 1 aromatic heterocycles. The Labute approximate surface area is 148 Å². The number of piperidine rings is 1. The molecule has 12 heteroatoms. The van der Waals surface area contributed by atoms with Crippen LogP contribution in [0.4, 0.5) is 18.9 Å². The number of hydrogen-bond acceptors (Lipinski definition) is 5. The van der Waals surface area contributed by atoms with Gasteiger partial charge in [-0.25, -0.2) is 13.1 Å². The van der Waals surface area contributed by atoms with Gasteiger partial charge in [0.1, 0.15) is 11.6 Å². The van der Waals surface area contributed by atoms with Gasteiger partial charge in [-0.05, 0) is 12.8 Å². The Morgan fingerprint density at radius 2 is 1.92 bits per heavy atom. The van der Waals surface area contributed by atoms with Crippen LogP contribution in [0.2, 0.25) is 5.02 Å². The molecule has 1 fully saturated rings. The molecule has 2 heterocycles. The molecule has 7 nitrogen and oxygen atoms in total. The second kappa shape index (κ2) is 7.12. The maximum Gasteiger partial charge on any atom is 0.402 e. The van der Waals surface area contributed by atoms with Gasteiger partial charge >= 0.3 is 6.18 Å². The normalized spacial score (nSPS) is 17.3. The summed E-state index contributed by atoms with van der Waals surface area (Å²) in [6, 6.07) is -0.758. The van der Waals surface area contributed by atoms with Crippen LogP contribution < -0.4 is 10.5 Å². The van der Waals surface area contributed by atoms with E-state index in [1.807, 2.05) is 0 Å². The Morgan fingerprint density at radius 1 is 1.36 bits per heavy atom. The van der Waals surface area contributed by atoms with E-state index in [-0.39, 0.29) is 31.0 Å². The van der Waals surface area contributed by atoms with Crippen molar-refractivity contribution in [3.05, 3.63) is 21.6 Å². The van der Waals surface area contributed by atoms with Gasteiger partial charge < -0.3 is 4.90 Å². The van der Waals surface area contributed by atoms with Crippen LogP contribution in [0.3, 0.4) is 0 Å². The molecule has 1 aromatic rings. The molecule has 0 aromatic carbocycles. The minimum atomic E-state index is -4.61. The van der Waals surface area contributed by atoms with Crippen LogP contribution in [0, 0.1) is 0 Å². The summed E-state index contributed by atoms with van der Waals surface area (Å²) in [5.74, 6) is 0. The Hall–Kier alpha value is -1.33. The average molecular weight is 403 g/mol. The fourth-order valence-electron chi connectivity index (χ4n) is 2.81. The fraction of sp³-hybridized carbons (Fsp3) is 0.692. The SMILES string of the molecule is Cn1ncc(N2CCC(N(CC(F)(F)F)S(C)(=O)=O)CC2)c(Cl)c1=O. The second-order valence-corrected chi connectivity index (χ2v) is 8.23. The zero-order valence-electron chi connectivity index (χ0n) is 13.6. The first-order valence-electron chi connectivity index (χ1n) is 7.40. The number of nitrogens with zero attached hydrogens (tertiary/aromatic N) is 4. The largest absolute Gasteiger partial charge is 0.402 e. The predicted molar refractivity (Wildman–Crippen MR) is 87.3 cm³/mol. The highest BCUT2D eigenvalue weighted by molar-refractivity contribution is 7.88. The van der Waals surface area contributed by atoms with E-state index >= 15 is 0 Å². The Balaban J connectivity index is 2.15. The molecule has 0 radical (unpaired) electrons. The van der Waals surface area contributed by atoms with Crippen molar-refractivity contribution in [3.8, 4) is 0 Å². The molecule has 0 saturated carbocycles. The summed E-state index contributed by atoms with van der Waals surface area (Å²) in [6.07, 6.45) is -2.05. The van der Waals surface area contributed by atoms with Gasteiger partial charge in [-0.1, -0.05) is 11.6 Å². The third-order valence-corrected chi connectivity index (χ3v) is 5.67. The molecular weight excluding hydrogens is 385 g/mol. The number of halogens is 4. The number of rotatable bonds is 4. The lowest BCUT2D eigenvalue weighted by Gasteiger charge is -2.38. The third-order valence-electron chi connectivity index (χ3n) is 4.03. The van der Waals surface area contributed by atoms with E-state index in [0.29, 0.717) is 9.99 Å². The number of aromatic nitrogens is 2. The lowest BCUT2D eigenvalue weighted by Crippen LogP contribution is -2.50. The summed E-state index contributed by atoms with van der Waals surface area (Å²) < 4.78 is 63.1. The van der Waals surface area contributed by atoms with Crippen LogP contribution in [-0.2, 0) is 17.1 Å². The molecule has 25 heavy (non-hydrogen) atoms. The first-order chi connectivity index (χ1) is 11.4. The molecule has 0 spiro atoms. The van der Waals surface area contributed by atoms with Crippen molar-refractivity contribution in [3.63, 3.8) is 0 Å². The summed E-state index contributed by atoms with van der Waals surface area (Å²) in [4.78, 5) is 13.5. The molecular formula is C13H18ClF3N4O3S. The molecule has 0 N–H and O–H groups in total. The molecule has 2 rings (SSSR count). The number of sulfonamides is 1. The number of alkyl halides is 3. The van der Waals surface area contributed by atoms with Crippen molar-refractivity contribution in [2.75, 3.05) is 30.8 Å². The van der Waals surface area contributed by atoms with Gasteiger partial charge in [-0.2, -0.15) is 22.6 Å². The van der Waals surface area contributed by atoms with Gasteiger partial charge in [0.2, 0.25) is 10.0 Å². The van der Waals surface area contributed by atoms with Crippen molar-refractivity contribution in [1.29, 1.82) is 0 Å². The van der Waals surface area contributed by atoms with Gasteiger partial charge in [-0.15, -0.1) is 0 Å². The van der Waals surface area contributed by atoms with Crippen molar-refractivity contribution in [1.82, 2.24) is 14.1 Å². The van der Waals surface area contributed by atoms with E-state index in [2.05, 4.69) is 5.10 Å². The number of aryl methyl sites for hydroxylation is 1. The highest BCUT2D eigenvalue weighted by Gasteiger charge is 2.39. The Kier molecular flexibility index (Phi) is 5.69. The maximum absolute atomic E-state index is 12.7. The van der Waals surface area contributed by atoms with E-state index in [1.165, 1.54) is 13.2 Å². The first-order valence-corrected chi connectivity index (χ1v) is 9.63. The lowest BCUT2D eigenvalue weighted by atomic mass is 10.0. The zero-order chi connectivity index (χ0) is 19.0. The molecule has 0 bridgehead atoms. The van der Waals surface area contributed by atoms with E-state index in [9.17, 15) is 26.4 Å². The topological polar surface area (TPSA) is 75.5 Å². The molecule has 1 saturated heterocycles. The molecule has 0 amide bonds. The van der Waals surface area contributed by atoms with E-state index in [4.69, 9.17) is 11.6 Å². The minimum absolute atomic E-state index is 0.0220. The van der Waals surface area contributed by atoms with Crippen LogP contribution in [0.1, 0.15) is 12.8 Å². The Morgan fingerprint density at radius 3 is 2.40 bits per heavy atom. The summed E-state index contributed by atoms with van der Waals surface area (Å²) in [6.45, 7) is -0.975. The maximum atomic E-state index is 12.7. The second-order valence-electron chi connectivity index (χ2n) is 5.91. The molecule has 0 aliphatic carbocycles. The van der Waals surface area contributed by atoms with Crippen molar-refractivity contribution < 1.29 is 21.6 Å². The number of anilines is 1. The van der Waals surface area contributed by atoms with Crippen molar-refractivity contribution >= 4 is 27.3 Å². The minimum Gasteiger partial charge on any atom is -0.369 e. The molecule has 142 valence electrons. The first kappa shape index (κ1) is 20.0. The molecule has 0 atom stereocenters. The van der Waals surface area contributed by atoms with E-state index in [1.54, 1.807) is 4.90 Å². The standard InChI is InChI=1S/C13H18ClF3N4O3S/c1-19-12(22)11(14)10(7-18-19)20-5-3-9(4-6-20)21(25(2,23)24)8-13(15,16)17/h7,9H,3-6,8H2,1-2H3. The van der Waals surface area contributed by atoms with Gasteiger partial charge in [0, 0.05) is 26.2 Å². The van der Waals surface area contributed by atoms with E-state index in [0.717, 1.165) is 10.9 Å². The van der Waals surface area contributed by atoms with Crippen LogP contribution in [0.5, 0.6) is 0 Å². The zero-order valence-corrected chi connectivity index (χ0v) is 15.2. The van der Waals surface area contributed by atoms with Gasteiger partial charge in [0.15, 0.2) is 0 Å². The van der Waals surface area contributed by atoms with Crippen LogP contribution in [0.15, 0.2) is 11.0 Å². The predicted octanol–water partition coefficient (Wildman–Crippen LogP) is 1.23. The molecule has 1 aliphatic heterocycles. The number of hydrogen-bond donors (Lipinski definition) is 0. The molecule has 0 unspecified atom stereocenters. The highest BCUT2D eigenvalue weighted by atomic mass is 35.5. The monoisotopic (exact) mass is 402 g/mol. The Bertz CT molecular complexity index is 789. The van der Waals surface area contributed by atoms with Crippen LogP contribution >= 0.6 is 11.6 Å². The summed E-state index contributed by atoms with van der Waals surface area (Å²) in [5, 5.41) is 3.86. The fourth-order valence-corrected chi connectivity index (χ4v) is 4.23. The van der Waals surface area contributed by atoms with Gasteiger partial charge in [0.05, 0.1) is 18.1 Å². The highest BCUT2D eigenvalue weighted by Crippen LogP contribution is 2.29. The molecule has 1 aliphatic rings. The lowest BCUT2D eigenvalue weighted by molar-refractivity contribution is -0.139. The smallest absolute Gasteiger partial charge is 0.369 e. The van der Waals surface area contributed by atoms with Crippen LogP contribution in [-0.4, -0.2) is 60.6 Å².